The summed E-state index contributed by atoms with van der Waals surface area (Å²) in [6.45, 7) is 2.26. The molecule has 2 aromatic rings. The number of aryl methyl sites for hydroxylation is 1. The number of rotatable bonds is 3. The van der Waals surface area contributed by atoms with Crippen LogP contribution in [0.3, 0.4) is 0 Å². The van der Waals surface area contributed by atoms with Crippen molar-refractivity contribution in [3.63, 3.8) is 0 Å². The zero-order valence-corrected chi connectivity index (χ0v) is 9.55. The molecule has 86 valence electrons. The van der Waals surface area contributed by atoms with E-state index in [1.54, 1.807) is 24.5 Å². The summed E-state index contributed by atoms with van der Waals surface area (Å²) in [4.78, 5) is 20.0. The lowest BCUT2D eigenvalue weighted by atomic mass is 10.2. The van der Waals surface area contributed by atoms with Crippen LogP contribution < -0.4 is 5.32 Å². The topological polar surface area (TPSA) is 54.9 Å². The van der Waals surface area contributed by atoms with Crippen LogP contribution in [0.2, 0.25) is 0 Å². The molecule has 1 amide bonds. The molecule has 0 aliphatic carbocycles. The first-order chi connectivity index (χ1) is 8.25. The van der Waals surface area contributed by atoms with Crippen LogP contribution in [0.15, 0.2) is 42.7 Å². The standard InChI is InChI=1S/C13H13N3O/c1-10-7-15-12(8-14-10)9-16-13(17)11-5-3-2-4-6-11/h2-8H,9H2,1H3,(H,16,17). The zero-order chi connectivity index (χ0) is 12.1. The van der Waals surface area contributed by atoms with E-state index < -0.39 is 0 Å². The second-order valence-corrected chi connectivity index (χ2v) is 3.70. The molecule has 1 heterocycles. The third-order valence-electron chi connectivity index (χ3n) is 2.30. The number of hydrogen-bond donors (Lipinski definition) is 1. The van der Waals surface area contributed by atoms with Gasteiger partial charge in [0.2, 0.25) is 0 Å². The number of amides is 1. The van der Waals surface area contributed by atoms with Crippen molar-refractivity contribution in [2.75, 3.05) is 0 Å². The second-order valence-electron chi connectivity index (χ2n) is 3.70. The van der Waals surface area contributed by atoms with Crippen molar-refractivity contribution in [1.82, 2.24) is 15.3 Å². The van der Waals surface area contributed by atoms with Crippen LogP contribution in [-0.4, -0.2) is 15.9 Å². The van der Waals surface area contributed by atoms with E-state index in [2.05, 4.69) is 15.3 Å². The van der Waals surface area contributed by atoms with Crippen molar-refractivity contribution in [3.05, 3.63) is 59.7 Å². The van der Waals surface area contributed by atoms with E-state index >= 15 is 0 Å². The fourth-order valence-corrected chi connectivity index (χ4v) is 1.37. The van der Waals surface area contributed by atoms with Crippen molar-refractivity contribution >= 4 is 5.91 Å². The highest BCUT2D eigenvalue weighted by Gasteiger charge is 2.04. The molecular weight excluding hydrogens is 214 g/mol. The van der Waals surface area contributed by atoms with Gasteiger partial charge in [0.25, 0.3) is 5.91 Å². The van der Waals surface area contributed by atoms with Gasteiger partial charge in [-0.2, -0.15) is 0 Å². The molecule has 1 N–H and O–H groups in total. The zero-order valence-electron chi connectivity index (χ0n) is 9.55. The van der Waals surface area contributed by atoms with Crippen LogP contribution in [0.25, 0.3) is 0 Å². The Morgan fingerprint density at radius 1 is 1.18 bits per heavy atom. The fraction of sp³-hybridized carbons (Fsp3) is 0.154. The largest absolute Gasteiger partial charge is 0.346 e. The molecule has 0 aliphatic rings. The summed E-state index contributed by atoms with van der Waals surface area (Å²) < 4.78 is 0. The van der Waals surface area contributed by atoms with Crippen molar-refractivity contribution < 1.29 is 4.79 Å². The molecule has 0 radical (unpaired) electrons. The van der Waals surface area contributed by atoms with E-state index in [-0.39, 0.29) is 5.91 Å². The summed E-state index contributed by atoms with van der Waals surface area (Å²) in [6, 6.07) is 9.09. The lowest BCUT2D eigenvalue weighted by molar-refractivity contribution is 0.0950. The Morgan fingerprint density at radius 2 is 1.94 bits per heavy atom. The summed E-state index contributed by atoms with van der Waals surface area (Å²) in [5.74, 6) is -0.104. The lowest BCUT2D eigenvalue weighted by Crippen LogP contribution is -2.23. The Hall–Kier alpha value is -2.23. The highest BCUT2D eigenvalue weighted by atomic mass is 16.1. The van der Waals surface area contributed by atoms with Gasteiger partial charge in [-0.1, -0.05) is 18.2 Å². The Balaban J connectivity index is 1.95. The molecule has 4 nitrogen and oxygen atoms in total. The third kappa shape index (κ3) is 3.11. The Morgan fingerprint density at radius 3 is 2.59 bits per heavy atom. The van der Waals surface area contributed by atoms with E-state index in [0.717, 1.165) is 11.4 Å². The van der Waals surface area contributed by atoms with E-state index in [1.807, 2.05) is 25.1 Å². The van der Waals surface area contributed by atoms with Crippen molar-refractivity contribution in [2.45, 2.75) is 13.5 Å². The third-order valence-corrected chi connectivity index (χ3v) is 2.30. The molecule has 0 bridgehead atoms. The SMILES string of the molecule is Cc1cnc(CNC(=O)c2ccccc2)cn1. The maximum atomic E-state index is 11.7. The predicted molar refractivity (Wildman–Crippen MR) is 64.4 cm³/mol. The monoisotopic (exact) mass is 227 g/mol. The average molecular weight is 227 g/mol. The van der Waals surface area contributed by atoms with Gasteiger partial charge in [-0.25, -0.2) is 0 Å². The predicted octanol–water partition coefficient (Wildman–Crippen LogP) is 1.72. The average Bonchev–Trinajstić information content (AvgIpc) is 2.39. The number of nitrogens with zero attached hydrogens (tertiary/aromatic N) is 2. The molecule has 0 atom stereocenters. The molecule has 1 aromatic heterocycles. The minimum atomic E-state index is -0.104. The van der Waals surface area contributed by atoms with Crippen LogP contribution in [-0.2, 0) is 6.54 Å². The Kier molecular flexibility index (Phi) is 3.45. The van der Waals surface area contributed by atoms with Crippen LogP contribution in [0.5, 0.6) is 0 Å². The number of carbonyl (C=O) groups excluding carboxylic acids is 1. The number of aromatic nitrogens is 2. The summed E-state index contributed by atoms with van der Waals surface area (Å²) in [5, 5.41) is 2.79. The molecule has 0 saturated heterocycles. The Labute approximate surface area is 99.7 Å². The smallest absolute Gasteiger partial charge is 0.251 e. The Bertz CT molecular complexity index is 494. The van der Waals surface area contributed by atoms with Gasteiger partial charge in [-0.05, 0) is 19.1 Å². The number of hydrogen-bond acceptors (Lipinski definition) is 3. The maximum Gasteiger partial charge on any atom is 0.251 e. The number of carbonyl (C=O) groups is 1. The molecule has 0 fully saturated rings. The summed E-state index contributed by atoms with van der Waals surface area (Å²) >= 11 is 0. The van der Waals surface area contributed by atoms with Gasteiger partial charge < -0.3 is 5.32 Å². The first-order valence-electron chi connectivity index (χ1n) is 5.36. The molecule has 0 spiro atoms. The molecule has 4 heteroatoms. The van der Waals surface area contributed by atoms with Gasteiger partial charge in [0.1, 0.15) is 0 Å². The maximum absolute atomic E-state index is 11.7. The molecule has 2 rings (SSSR count). The highest BCUT2D eigenvalue weighted by molar-refractivity contribution is 5.93. The lowest BCUT2D eigenvalue weighted by Gasteiger charge is -2.04. The fourth-order valence-electron chi connectivity index (χ4n) is 1.37. The molecule has 17 heavy (non-hydrogen) atoms. The summed E-state index contributed by atoms with van der Waals surface area (Å²) in [7, 11) is 0. The molecule has 0 saturated carbocycles. The summed E-state index contributed by atoms with van der Waals surface area (Å²) in [5.41, 5.74) is 2.26. The van der Waals surface area contributed by atoms with E-state index in [1.165, 1.54) is 0 Å². The van der Waals surface area contributed by atoms with Crippen molar-refractivity contribution in [1.29, 1.82) is 0 Å². The van der Waals surface area contributed by atoms with Crippen LogP contribution in [0, 0.1) is 6.92 Å². The van der Waals surface area contributed by atoms with Gasteiger partial charge in [-0.3, -0.25) is 14.8 Å². The molecule has 1 aromatic carbocycles. The molecule has 0 aliphatic heterocycles. The first-order valence-corrected chi connectivity index (χ1v) is 5.36. The van der Waals surface area contributed by atoms with Gasteiger partial charge in [0, 0.05) is 11.8 Å². The molecular formula is C13H13N3O. The minimum Gasteiger partial charge on any atom is -0.346 e. The van der Waals surface area contributed by atoms with Gasteiger partial charge >= 0.3 is 0 Å². The second kappa shape index (κ2) is 5.21. The van der Waals surface area contributed by atoms with Crippen LogP contribution in [0.4, 0.5) is 0 Å². The van der Waals surface area contributed by atoms with E-state index in [9.17, 15) is 4.79 Å². The van der Waals surface area contributed by atoms with Gasteiger partial charge in [0.05, 0.1) is 24.1 Å². The van der Waals surface area contributed by atoms with Crippen LogP contribution in [0.1, 0.15) is 21.7 Å². The van der Waals surface area contributed by atoms with E-state index in [4.69, 9.17) is 0 Å². The minimum absolute atomic E-state index is 0.104. The normalized spacial score (nSPS) is 9.94. The van der Waals surface area contributed by atoms with Crippen molar-refractivity contribution in [2.24, 2.45) is 0 Å². The van der Waals surface area contributed by atoms with Gasteiger partial charge in [0.15, 0.2) is 0 Å². The van der Waals surface area contributed by atoms with Gasteiger partial charge in [-0.15, -0.1) is 0 Å². The van der Waals surface area contributed by atoms with Crippen molar-refractivity contribution in [3.8, 4) is 0 Å². The van der Waals surface area contributed by atoms with Crippen LogP contribution >= 0.6 is 0 Å². The molecule has 0 unspecified atom stereocenters. The van der Waals surface area contributed by atoms with E-state index in [0.29, 0.717) is 12.1 Å². The first kappa shape index (κ1) is 11.3. The highest BCUT2D eigenvalue weighted by Crippen LogP contribution is 1.99. The summed E-state index contributed by atoms with van der Waals surface area (Å²) in [6.07, 6.45) is 3.35. The number of benzene rings is 1. The number of nitrogens with one attached hydrogen (secondary N) is 1. The quantitative estimate of drug-likeness (QED) is 0.868.